The highest BCUT2D eigenvalue weighted by Crippen LogP contribution is 2.21. The summed E-state index contributed by atoms with van der Waals surface area (Å²) in [6.45, 7) is 5.25. The second kappa shape index (κ2) is 5.99. The normalized spacial score (nSPS) is 14.3. The number of hydrogen-bond acceptors (Lipinski definition) is 4. The average molecular weight is 260 g/mol. The molecule has 1 aromatic carbocycles. The molecule has 4 heteroatoms. The van der Waals surface area contributed by atoms with Crippen LogP contribution in [0, 0.1) is 6.92 Å². The molecule has 4 nitrogen and oxygen atoms in total. The Morgan fingerprint density at radius 3 is 2.63 bits per heavy atom. The van der Waals surface area contributed by atoms with Gasteiger partial charge >= 0.3 is 0 Å². The van der Waals surface area contributed by atoms with E-state index >= 15 is 0 Å². The van der Waals surface area contributed by atoms with E-state index < -0.39 is 0 Å². The van der Waals surface area contributed by atoms with Crippen molar-refractivity contribution in [2.75, 3.05) is 13.7 Å². The number of aromatic nitrogens is 1. The van der Waals surface area contributed by atoms with E-state index in [0.717, 1.165) is 11.5 Å². The zero-order valence-electron chi connectivity index (χ0n) is 11.6. The van der Waals surface area contributed by atoms with Gasteiger partial charge in [0.2, 0.25) is 0 Å². The lowest BCUT2D eigenvalue weighted by Gasteiger charge is -2.30. The van der Waals surface area contributed by atoms with Gasteiger partial charge in [-0.2, -0.15) is 0 Å². The van der Waals surface area contributed by atoms with Crippen molar-refractivity contribution in [3.63, 3.8) is 0 Å². The van der Waals surface area contributed by atoms with E-state index in [4.69, 9.17) is 9.26 Å². The third-order valence-corrected chi connectivity index (χ3v) is 3.18. The number of hydrogen-bond donors (Lipinski definition) is 1. The van der Waals surface area contributed by atoms with Crippen molar-refractivity contribution in [1.29, 1.82) is 0 Å². The van der Waals surface area contributed by atoms with E-state index in [2.05, 4.69) is 29.5 Å². The standard InChI is InChI=1S/C15H20N2O2/c1-12-9-14(17-19-12)10-16-15(2,11-18-3)13-7-5-4-6-8-13/h4-9,16H,10-11H2,1-3H3/t15-/m0/s1. The molecule has 0 radical (unpaired) electrons. The van der Waals surface area contributed by atoms with Crippen LogP contribution in [0.4, 0.5) is 0 Å². The smallest absolute Gasteiger partial charge is 0.133 e. The van der Waals surface area contributed by atoms with Crippen LogP contribution >= 0.6 is 0 Å². The molecular formula is C15H20N2O2. The highest BCUT2D eigenvalue weighted by molar-refractivity contribution is 5.24. The first-order chi connectivity index (χ1) is 9.14. The summed E-state index contributed by atoms with van der Waals surface area (Å²) in [5.74, 6) is 0.824. The summed E-state index contributed by atoms with van der Waals surface area (Å²) in [5.41, 5.74) is 1.84. The lowest BCUT2D eigenvalue weighted by Crippen LogP contribution is -2.43. The van der Waals surface area contributed by atoms with Gasteiger partial charge in [-0.3, -0.25) is 5.32 Å². The van der Waals surface area contributed by atoms with Crippen LogP contribution in [0.3, 0.4) is 0 Å². The fraction of sp³-hybridized carbons (Fsp3) is 0.400. The summed E-state index contributed by atoms with van der Waals surface area (Å²) in [6, 6.07) is 12.2. The molecule has 102 valence electrons. The van der Waals surface area contributed by atoms with Gasteiger partial charge in [0, 0.05) is 19.7 Å². The molecule has 0 unspecified atom stereocenters. The van der Waals surface area contributed by atoms with Crippen LogP contribution < -0.4 is 5.32 Å². The summed E-state index contributed by atoms with van der Waals surface area (Å²) in [7, 11) is 1.71. The van der Waals surface area contributed by atoms with Gasteiger partial charge in [0.05, 0.1) is 17.8 Å². The van der Waals surface area contributed by atoms with Gasteiger partial charge in [0.25, 0.3) is 0 Å². The number of methoxy groups -OCH3 is 1. The molecule has 2 aromatic rings. The topological polar surface area (TPSA) is 47.3 Å². The maximum Gasteiger partial charge on any atom is 0.133 e. The first-order valence-corrected chi connectivity index (χ1v) is 6.36. The lowest BCUT2D eigenvalue weighted by molar-refractivity contribution is 0.116. The van der Waals surface area contributed by atoms with Crippen LogP contribution in [-0.4, -0.2) is 18.9 Å². The highest BCUT2D eigenvalue weighted by Gasteiger charge is 2.26. The van der Waals surface area contributed by atoms with Crippen LogP contribution in [0.5, 0.6) is 0 Å². The zero-order chi connectivity index (χ0) is 13.7. The molecule has 0 aliphatic carbocycles. The minimum atomic E-state index is -0.247. The van der Waals surface area contributed by atoms with Crippen molar-refractivity contribution >= 4 is 0 Å². The van der Waals surface area contributed by atoms with Crippen molar-refractivity contribution in [3.8, 4) is 0 Å². The Hall–Kier alpha value is -1.65. The largest absolute Gasteiger partial charge is 0.382 e. The summed E-state index contributed by atoms with van der Waals surface area (Å²) in [4.78, 5) is 0. The minimum absolute atomic E-state index is 0.247. The van der Waals surface area contributed by atoms with Crippen LogP contribution in [0.25, 0.3) is 0 Å². The molecule has 0 aliphatic rings. The maximum absolute atomic E-state index is 5.35. The summed E-state index contributed by atoms with van der Waals surface area (Å²) in [6.07, 6.45) is 0. The Balaban J connectivity index is 2.11. The molecule has 0 spiro atoms. The number of ether oxygens (including phenoxy) is 1. The quantitative estimate of drug-likeness (QED) is 0.867. The van der Waals surface area contributed by atoms with Gasteiger partial charge < -0.3 is 9.26 Å². The Bertz CT molecular complexity index is 510. The Labute approximate surface area is 113 Å². The van der Waals surface area contributed by atoms with Crippen LogP contribution in [-0.2, 0) is 16.8 Å². The molecule has 0 saturated heterocycles. The lowest BCUT2D eigenvalue weighted by atomic mass is 9.93. The van der Waals surface area contributed by atoms with E-state index in [1.165, 1.54) is 5.56 Å². The van der Waals surface area contributed by atoms with E-state index in [9.17, 15) is 0 Å². The fourth-order valence-corrected chi connectivity index (χ4v) is 2.12. The van der Waals surface area contributed by atoms with Gasteiger partial charge in [-0.05, 0) is 19.4 Å². The maximum atomic E-state index is 5.35. The molecule has 0 fully saturated rings. The van der Waals surface area contributed by atoms with Gasteiger partial charge in [-0.1, -0.05) is 35.5 Å². The Morgan fingerprint density at radius 1 is 1.32 bits per heavy atom. The van der Waals surface area contributed by atoms with Crippen molar-refractivity contribution in [2.24, 2.45) is 0 Å². The number of benzene rings is 1. The van der Waals surface area contributed by atoms with E-state index in [1.807, 2.05) is 31.2 Å². The Kier molecular flexibility index (Phi) is 4.35. The number of nitrogens with one attached hydrogen (secondary N) is 1. The number of nitrogens with zero attached hydrogens (tertiary/aromatic N) is 1. The molecule has 1 aromatic heterocycles. The van der Waals surface area contributed by atoms with Crippen molar-refractivity contribution in [2.45, 2.75) is 25.9 Å². The van der Waals surface area contributed by atoms with Gasteiger partial charge in [-0.15, -0.1) is 0 Å². The van der Waals surface area contributed by atoms with Crippen LogP contribution in [0.15, 0.2) is 40.9 Å². The minimum Gasteiger partial charge on any atom is -0.382 e. The first-order valence-electron chi connectivity index (χ1n) is 6.36. The monoisotopic (exact) mass is 260 g/mol. The molecule has 2 rings (SSSR count). The van der Waals surface area contributed by atoms with Gasteiger partial charge in [0.15, 0.2) is 0 Å². The van der Waals surface area contributed by atoms with E-state index in [-0.39, 0.29) is 5.54 Å². The SMILES string of the molecule is COC[C@](C)(NCc1cc(C)on1)c1ccccc1. The second-order valence-corrected chi connectivity index (χ2v) is 4.91. The molecule has 0 aliphatic heterocycles. The molecule has 1 atom stereocenters. The zero-order valence-corrected chi connectivity index (χ0v) is 11.6. The molecule has 1 N–H and O–H groups in total. The third kappa shape index (κ3) is 3.43. The molecular weight excluding hydrogens is 240 g/mol. The van der Waals surface area contributed by atoms with E-state index in [1.54, 1.807) is 7.11 Å². The molecule has 1 heterocycles. The van der Waals surface area contributed by atoms with Gasteiger partial charge in [0.1, 0.15) is 5.76 Å². The molecule has 19 heavy (non-hydrogen) atoms. The van der Waals surface area contributed by atoms with Crippen LogP contribution in [0.1, 0.15) is 23.9 Å². The van der Waals surface area contributed by atoms with Gasteiger partial charge in [-0.25, -0.2) is 0 Å². The van der Waals surface area contributed by atoms with E-state index in [0.29, 0.717) is 13.2 Å². The molecule has 0 amide bonds. The molecule has 0 saturated carbocycles. The summed E-state index contributed by atoms with van der Waals surface area (Å²) >= 11 is 0. The predicted molar refractivity (Wildman–Crippen MR) is 73.7 cm³/mol. The van der Waals surface area contributed by atoms with Crippen LogP contribution in [0.2, 0.25) is 0 Å². The van der Waals surface area contributed by atoms with Crippen molar-refractivity contribution < 1.29 is 9.26 Å². The third-order valence-electron chi connectivity index (χ3n) is 3.18. The summed E-state index contributed by atoms with van der Waals surface area (Å²) < 4.78 is 10.4. The second-order valence-electron chi connectivity index (χ2n) is 4.91. The molecule has 0 bridgehead atoms. The average Bonchev–Trinajstić information content (AvgIpc) is 2.84. The van der Waals surface area contributed by atoms with Crippen molar-refractivity contribution in [1.82, 2.24) is 10.5 Å². The first kappa shape index (κ1) is 13.8. The summed E-state index contributed by atoms with van der Waals surface area (Å²) in [5, 5.41) is 7.49. The number of aryl methyl sites for hydroxylation is 1. The van der Waals surface area contributed by atoms with Crippen molar-refractivity contribution in [3.05, 3.63) is 53.4 Å². The Morgan fingerprint density at radius 2 is 2.05 bits per heavy atom. The fourth-order valence-electron chi connectivity index (χ4n) is 2.12. The highest BCUT2D eigenvalue weighted by atomic mass is 16.5. The predicted octanol–water partition coefficient (Wildman–Crippen LogP) is 2.63. The number of rotatable bonds is 6.